The number of halogens is 3. The van der Waals surface area contributed by atoms with Gasteiger partial charge in [-0.3, -0.25) is 0 Å². The van der Waals surface area contributed by atoms with Crippen molar-refractivity contribution in [1.82, 2.24) is 5.32 Å². The van der Waals surface area contributed by atoms with Crippen molar-refractivity contribution in [3.63, 3.8) is 0 Å². The molecule has 0 radical (unpaired) electrons. The van der Waals surface area contributed by atoms with E-state index in [1.54, 1.807) is 0 Å². The predicted octanol–water partition coefficient (Wildman–Crippen LogP) is 3.63. The monoisotopic (exact) mass is 257 g/mol. The van der Waals surface area contributed by atoms with E-state index in [0.717, 1.165) is 12.6 Å². The van der Waals surface area contributed by atoms with E-state index in [9.17, 15) is 13.2 Å². The molecule has 100 valence electrons. The van der Waals surface area contributed by atoms with Crippen molar-refractivity contribution in [2.75, 3.05) is 6.54 Å². The van der Waals surface area contributed by atoms with Gasteiger partial charge in [0.25, 0.3) is 0 Å². The Morgan fingerprint density at radius 3 is 2.50 bits per heavy atom. The number of hydrogen-bond donors (Lipinski definition) is 1. The van der Waals surface area contributed by atoms with Crippen LogP contribution in [0.4, 0.5) is 13.2 Å². The SMILES string of the molecule is CC1CCCC1CNCc1cc(F)c(F)cc1F. The minimum atomic E-state index is -1.14. The Bertz CT molecular complexity index is 420. The maximum absolute atomic E-state index is 13.4. The largest absolute Gasteiger partial charge is 0.312 e. The summed E-state index contributed by atoms with van der Waals surface area (Å²) in [5.41, 5.74) is 0.180. The highest BCUT2D eigenvalue weighted by Gasteiger charge is 2.22. The van der Waals surface area contributed by atoms with Crippen LogP contribution in [0.3, 0.4) is 0 Å². The first-order valence-corrected chi connectivity index (χ1v) is 6.42. The summed E-state index contributed by atoms with van der Waals surface area (Å²) >= 11 is 0. The molecule has 1 aliphatic rings. The molecule has 0 bridgehead atoms. The third kappa shape index (κ3) is 3.05. The Kier molecular flexibility index (Phi) is 4.27. The van der Waals surface area contributed by atoms with E-state index in [-0.39, 0.29) is 12.1 Å². The van der Waals surface area contributed by atoms with Crippen molar-refractivity contribution in [2.45, 2.75) is 32.7 Å². The zero-order valence-corrected chi connectivity index (χ0v) is 10.5. The van der Waals surface area contributed by atoms with Crippen LogP contribution in [0.25, 0.3) is 0 Å². The third-order valence-electron chi connectivity index (χ3n) is 3.85. The molecule has 2 atom stereocenters. The highest BCUT2D eigenvalue weighted by Crippen LogP contribution is 2.30. The van der Waals surface area contributed by atoms with Crippen LogP contribution < -0.4 is 5.32 Å². The van der Waals surface area contributed by atoms with E-state index < -0.39 is 17.5 Å². The Morgan fingerprint density at radius 2 is 1.83 bits per heavy atom. The summed E-state index contributed by atoms with van der Waals surface area (Å²) in [7, 11) is 0. The van der Waals surface area contributed by atoms with Gasteiger partial charge < -0.3 is 5.32 Å². The first kappa shape index (κ1) is 13.4. The molecule has 1 fully saturated rings. The predicted molar refractivity (Wildman–Crippen MR) is 64.5 cm³/mol. The summed E-state index contributed by atoms with van der Waals surface area (Å²) in [5, 5.41) is 3.13. The van der Waals surface area contributed by atoms with E-state index in [4.69, 9.17) is 0 Å². The summed E-state index contributed by atoms with van der Waals surface area (Å²) in [6.07, 6.45) is 3.67. The quantitative estimate of drug-likeness (QED) is 0.812. The van der Waals surface area contributed by atoms with E-state index in [1.807, 2.05) is 0 Å². The Labute approximate surface area is 105 Å². The van der Waals surface area contributed by atoms with Crippen LogP contribution in [0.15, 0.2) is 12.1 Å². The zero-order valence-electron chi connectivity index (χ0n) is 10.5. The van der Waals surface area contributed by atoms with Crippen molar-refractivity contribution in [2.24, 2.45) is 11.8 Å². The lowest BCUT2D eigenvalue weighted by molar-refractivity contribution is 0.389. The number of hydrogen-bond acceptors (Lipinski definition) is 1. The smallest absolute Gasteiger partial charge is 0.161 e. The van der Waals surface area contributed by atoms with Crippen LogP contribution in [0.2, 0.25) is 0 Å². The molecular weight excluding hydrogens is 239 g/mol. The normalized spacial score (nSPS) is 23.6. The summed E-state index contributed by atoms with van der Waals surface area (Å²) in [6.45, 7) is 3.27. The van der Waals surface area contributed by atoms with Crippen molar-refractivity contribution in [1.29, 1.82) is 0 Å². The minimum absolute atomic E-state index is 0.180. The molecule has 1 aliphatic carbocycles. The van der Waals surface area contributed by atoms with E-state index in [2.05, 4.69) is 12.2 Å². The average Bonchev–Trinajstić information content (AvgIpc) is 2.72. The lowest BCUT2D eigenvalue weighted by Crippen LogP contribution is -2.24. The fourth-order valence-electron chi connectivity index (χ4n) is 2.62. The molecule has 2 rings (SSSR count). The van der Waals surface area contributed by atoms with Gasteiger partial charge in [0.2, 0.25) is 0 Å². The Morgan fingerprint density at radius 1 is 1.11 bits per heavy atom. The summed E-state index contributed by atoms with van der Waals surface area (Å²) < 4.78 is 39.1. The summed E-state index contributed by atoms with van der Waals surface area (Å²) in [4.78, 5) is 0. The summed E-state index contributed by atoms with van der Waals surface area (Å²) in [6, 6.07) is 1.53. The van der Waals surface area contributed by atoms with Crippen LogP contribution in [0, 0.1) is 29.3 Å². The lowest BCUT2D eigenvalue weighted by atomic mass is 9.98. The molecule has 18 heavy (non-hydrogen) atoms. The fraction of sp³-hybridized carbons (Fsp3) is 0.571. The minimum Gasteiger partial charge on any atom is -0.312 e. The molecule has 1 nitrogen and oxygen atoms in total. The molecular formula is C14H18F3N. The van der Waals surface area contributed by atoms with E-state index in [1.165, 1.54) is 19.3 Å². The van der Waals surface area contributed by atoms with Gasteiger partial charge in [-0.15, -0.1) is 0 Å². The molecule has 1 aromatic carbocycles. The van der Waals surface area contributed by atoms with Crippen molar-refractivity contribution < 1.29 is 13.2 Å². The highest BCUT2D eigenvalue weighted by molar-refractivity contribution is 5.19. The highest BCUT2D eigenvalue weighted by atomic mass is 19.2. The number of benzene rings is 1. The van der Waals surface area contributed by atoms with Gasteiger partial charge in [0, 0.05) is 18.2 Å². The van der Waals surface area contributed by atoms with Gasteiger partial charge in [0.05, 0.1) is 0 Å². The van der Waals surface area contributed by atoms with Gasteiger partial charge >= 0.3 is 0 Å². The Balaban J connectivity index is 1.88. The molecule has 1 saturated carbocycles. The van der Waals surface area contributed by atoms with Gasteiger partial charge in [-0.2, -0.15) is 0 Å². The molecule has 0 spiro atoms. The van der Waals surface area contributed by atoms with Gasteiger partial charge in [-0.1, -0.05) is 19.8 Å². The van der Waals surface area contributed by atoms with Gasteiger partial charge in [0.15, 0.2) is 11.6 Å². The van der Waals surface area contributed by atoms with E-state index >= 15 is 0 Å². The van der Waals surface area contributed by atoms with Crippen molar-refractivity contribution in [3.8, 4) is 0 Å². The number of nitrogens with one attached hydrogen (secondary N) is 1. The van der Waals surface area contributed by atoms with Gasteiger partial charge in [0.1, 0.15) is 5.82 Å². The topological polar surface area (TPSA) is 12.0 Å². The summed E-state index contributed by atoms with van der Waals surface area (Å²) in [5.74, 6) is -1.53. The maximum Gasteiger partial charge on any atom is 0.161 e. The first-order valence-electron chi connectivity index (χ1n) is 6.42. The second-order valence-electron chi connectivity index (χ2n) is 5.16. The van der Waals surface area contributed by atoms with Gasteiger partial charge in [-0.05, 0) is 30.9 Å². The van der Waals surface area contributed by atoms with Crippen LogP contribution >= 0.6 is 0 Å². The average molecular weight is 257 g/mol. The third-order valence-corrected chi connectivity index (χ3v) is 3.85. The molecule has 1 N–H and O–H groups in total. The van der Waals surface area contributed by atoms with Crippen LogP contribution in [0.1, 0.15) is 31.7 Å². The maximum atomic E-state index is 13.4. The molecule has 2 unspecified atom stereocenters. The molecule has 0 aliphatic heterocycles. The second-order valence-corrected chi connectivity index (χ2v) is 5.16. The van der Waals surface area contributed by atoms with Crippen LogP contribution in [-0.4, -0.2) is 6.54 Å². The molecule has 1 aromatic rings. The first-order chi connectivity index (χ1) is 8.58. The van der Waals surface area contributed by atoms with Crippen molar-refractivity contribution >= 4 is 0 Å². The van der Waals surface area contributed by atoms with Gasteiger partial charge in [-0.25, -0.2) is 13.2 Å². The number of rotatable bonds is 4. The van der Waals surface area contributed by atoms with Crippen molar-refractivity contribution in [3.05, 3.63) is 35.1 Å². The standard InChI is InChI=1S/C14H18F3N/c1-9-3-2-4-10(9)7-18-8-11-5-13(16)14(17)6-12(11)15/h5-6,9-10,18H,2-4,7-8H2,1H3. The zero-order chi connectivity index (χ0) is 13.1. The lowest BCUT2D eigenvalue weighted by Gasteiger charge is -2.16. The van der Waals surface area contributed by atoms with Crippen LogP contribution in [-0.2, 0) is 6.54 Å². The molecule has 0 aromatic heterocycles. The second kappa shape index (κ2) is 5.74. The molecule has 0 amide bonds. The fourth-order valence-corrected chi connectivity index (χ4v) is 2.62. The molecule has 0 saturated heterocycles. The van der Waals surface area contributed by atoms with Crippen LogP contribution in [0.5, 0.6) is 0 Å². The molecule has 0 heterocycles. The Hall–Kier alpha value is -1.03. The molecule has 4 heteroatoms. The van der Waals surface area contributed by atoms with E-state index in [0.29, 0.717) is 17.9 Å².